The van der Waals surface area contributed by atoms with E-state index in [4.69, 9.17) is 9.47 Å². The van der Waals surface area contributed by atoms with Gasteiger partial charge in [0.05, 0.1) is 37.4 Å². The van der Waals surface area contributed by atoms with Crippen LogP contribution >= 0.6 is 31.9 Å². The van der Waals surface area contributed by atoms with Gasteiger partial charge in [0.15, 0.2) is 0 Å². The van der Waals surface area contributed by atoms with Gasteiger partial charge in [-0.05, 0) is 49.2 Å². The first-order chi connectivity index (χ1) is 15.3. The molecule has 2 fully saturated rings. The van der Waals surface area contributed by atoms with Crippen LogP contribution in [0.1, 0.15) is 23.2 Å². The molecule has 1 heterocycles. The van der Waals surface area contributed by atoms with E-state index >= 15 is 0 Å². The molecule has 2 aliphatic rings. The summed E-state index contributed by atoms with van der Waals surface area (Å²) < 4.78 is 10.5. The SMILES string of the molecule is COc1ccc(NC(=O)c2ccc(N3C(=O)[C@@H]4C[C@@H](Br)[C@@H](Br)C[C@H]4C3=O)cc2)c(OC)c1. The van der Waals surface area contributed by atoms with Crippen LogP contribution in [0.15, 0.2) is 42.5 Å². The average Bonchev–Trinajstić information content (AvgIpc) is 3.03. The number of hydrogen-bond donors (Lipinski definition) is 1. The van der Waals surface area contributed by atoms with Crippen LogP contribution in [-0.4, -0.2) is 41.6 Å². The van der Waals surface area contributed by atoms with Crippen molar-refractivity contribution in [3.05, 3.63) is 48.0 Å². The molecule has 3 amide bonds. The fourth-order valence-electron chi connectivity index (χ4n) is 4.21. The van der Waals surface area contributed by atoms with Crippen molar-refractivity contribution < 1.29 is 23.9 Å². The van der Waals surface area contributed by atoms with Gasteiger partial charge in [-0.25, -0.2) is 0 Å². The highest BCUT2D eigenvalue weighted by Crippen LogP contribution is 2.44. The van der Waals surface area contributed by atoms with Gasteiger partial charge in [0, 0.05) is 21.3 Å². The molecule has 0 bridgehead atoms. The lowest BCUT2D eigenvalue weighted by atomic mass is 9.81. The molecule has 4 rings (SSSR count). The van der Waals surface area contributed by atoms with E-state index in [0.29, 0.717) is 41.3 Å². The molecular weight excluding hydrogens is 544 g/mol. The van der Waals surface area contributed by atoms with E-state index in [1.54, 1.807) is 49.6 Å². The van der Waals surface area contributed by atoms with Crippen LogP contribution in [0.3, 0.4) is 0 Å². The van der Waals surface area contributed by atoms with Gasteiger partial charge in [-0.15, -0.1) is 0 Å². The molecule has 0 unspecified atom stereocenters. The van der Waals surface area contributed by atoms with E-state index < -0.39 is 0 Å². The first-order valence-electron chi connectivity index (χ1n) is 10.1. The molecule has 2 aromatic rings. The zero-order valence-electron chi connectivity index (χ0n) is 17.5. The number of anilines is 2. The predicted molar refractivity (Wildman–Crippen MR) is 128 cm³/mol. The van der Waals surface area contributed by atoms with Crippen molar-refractivity contribution in [2.24, 2.45) is 11.8 Å². The number of carbonyl (C=O) groups excluding carboxylic acids is 3. The third kappa shape index (κ3) is 4.15. The van der Waals surface area contributed by atoms with Gasteiger partial charge in [-0.2, -0.15) is 0 Å². The van der Waals surface area contributed by atoms with Crippen molar-refractivity contribution in [2.45, 2.75) is 22.5 Å². The summed E-state index contributed by atoms with van der Waals surface area (Å²) in [6.07, 6.45) is 1.23. The molecule has 1 aliphatic carbocycles. The normalized spacial score (nSPS) is 24.8. The summed E-state index contributed by atoms with van der Waals surface area (Å²) in [5, 5.41) is 2.81. The van der Waals surface area contributed by atoms with Crippen molar-refractivity contribution in [3.8, 4) is 11.5 Å². The predicted octanol–water partition coefficient (Wildman–Crippen LogP) is 4.38. The Balaban J connectivity index is 1.50. The van der Waals surface area contributed by atoms with Crippen LogP contribution < -0.4 is 19.7 Å². The third-order valence-electron chi connectivity index (χ3n) is 5.96. The second kappa shape index (κ2) is 9.23. The van der Waals surface area contributed by atoms with Crippen molar-refractivity contribution in [2.75, 3.05) is 24.4 Å². The van der Waals surface area contributed by atoms with Crippen LogP contribution in [0.2, 0.25) is 0 Å². The number of imide groups is 1. The van der Waals surface area contributed by atoms with Crippen LogP contribution in [0.4, 0.5) is 11.4 Å². The van der Waals surface area contributed by atoms with Gasteiger partial charge in [0.1, 0.15) is 11.5 Å². The molecular formula is C23H22Br2N2O5. The number of carbonyl (C=O) groups is 3. The zero-order chi connectivity index (χ0) is 23.0. The fraction of sp³-hybridized carbons (Fsp3) is 0.348. The van der Waals surface area contributed by atoms with Gasteiger partial charge in [-0.3, -0.25) is 19.3 Å². The first kappa shape index (κ1) is 22.8. The fourth-order valence-corrected chi connectivity index (χ4v) is 5.44. The summed E-state index contributed by atoms with van der Waals surface area (Å²) >= 11 is 7.19. The highest BCUT2D eigenvalue weighted by Gasteiger charge is 2.52. The minimum absolute atomic E-state index is 0.154. The van der Waals surface area contributed by atoms with Gasteiger partial charge in [0.25, 0.3) is 5.91 Å². The van der Waals surface area contributed by atoms with Gasteiger partial charge >= 0.3 is 0 Å². The zero-order valence-corrected chi connectivity index (χ0v) is 20.7. The molecule has 168 valence electrons. The van der Waals surface area contributed by atoms with E-state index in [-0.39, 0.29) is 39.2 Å². The van der Waals surface area contributed by atoms with Crippen LogP contribution in [0.25, 0.3) is 0 Å². The lowest BCUT2D eigenvalue weighted by molar-refractivity contribution is -0.122. The van der Waals surface area contributed by atoms with E-state index in [2.05, 4.69) is 37.2 Å². The van der Waals surface area contributed by atoms with Crippen molar-refractivity contribution in [3.63, 3.8) is 0 Å². The molecule has 32 heavy (non-hydrogen) atoms. The largest absolute Gasteiger partial charge is 0.497 e. The Morgan fingerprint density at radius 3 is 2.06 bits per heavy atom. The minimum atomic E-state index is -0.336. The molecule has 0 aromatic heterocycles. The maximum atomic E-state index is 13.0. The van der Waals surface area contributed by atoms with E-state index in [0.717, 1.165) is 0 Å². The summed E-state index contributed by atoms with van der Waals surface area (Å²) in [5.41, 5.74) is 1.37. The molecule has 1 saturated heterocycles. The number of benzene rings is 2. The number of ether oxygens (including phenoxy) is 2. The van der Waals surface area contributed by atoms with Gasteiger partial charge in [0.2, 0.25) is 11.8 Å². The van der Waals surface area contributed by atoms with E-state index in [1.807, 2.05) is 0 Å². The number of halogens is 2. The van der Waals surface area contributed by atoms with Crippen molar-refractivity contribution in [1.29, 1.82) is 0 Å². The molecule has 0 radical (unpaired) electrons. The lowest BCUT2D eigenvalue weighted by Gasteiger charge is -2.29. The maximum absolute atomic E-state index is 13.0. The highest BCUT2D eigenvalue weighted by atomic mass is 79.9. The van der Waals surface area contributed by atoms with Crippen molar-refractivity contribution in [1.82, 2.24) is 0 Å². The Morgan fingerprint density at radius 2 is 1.53 bits per heavy atom. The second-order valence-electron chi connectivity index (χ2n) is 7.80. The summed E-state index contributed by atoms with van der Waals surface area (Å²) in [4.78, 5) is 40.2. The number of rotatable bonds is 5. The number of amides is 3. The molecule has 7 nitrogen and oxygen atoms in total. The second-order valence-corrected chi connectivity index (χ2v) is 10.1. The Kier molecular flexibility index (Phi) is 6.57. The standard InChI is InChI=1S/C23H22Br2N2O5/c1-31-14-7-8-19(20(9-14)32-2)26-21(28)12-3-5-13(6-4-12)27-22(29)15-10-17(24)18(25)11-16(15)23(27)30/h3-9,15-18H,10-11H2,1-2H3,(H,26,28)/t15-,16-,17-,18+/m1/s1. The Morgan fingerprint density at radius 1 is 0.938 bits per heavy atom. The van der Waals surface area contributed by atoms with E-state index in [9.17, 15) is 14.4 Å². The Labute approximate surface area is 202 Å². The number of nitrogens with one attached hydrogen (secondary N) is 1. The maximum Gasteiger partial charge on any atom is 0.255 e. The number of methoxy groups -OCH3 is 2. The lowest BCUT2D eigenvalue weighted by Crippen LogP contribution is -2.34. The van der Waals surface area contributed by atoms with E-state index in [1.165, 1.54) is 12.0 Å². The highest BCUT2D eigenvalue weighted by molar-refractivity contribution is 9.12. The number of alkyl halides is 2. The quantitative estimate of drug-likeness (QED) is 0.429. The van der Waals surface area contributed by atoms with Crippen LogP contribution in [0.5, 0.6) is 11.5 Å². The number of hydrogen-bond acceptors (Lipinski definition) is 5. The smallest absolute Gasteiger partial charge is 0.255 e. The van der Waals surface area contributed by atoms with Gasteiger partial charge < -0.3 is 14.8 Å². The topological polar surface area (TPSA) is 84.9 Å². The third-order valence-corrected chi connectivity index (χ3v) is 8.69. The first-order valence-corrected chi connectivity index (χ1v) is 12.0. The molecule has 1 saturated carbocycles. The molecule has 1 N–H and O–H groups in total. The minimum Gasteiger partial charge on any atom is -0.497 e. The molecule has 1 aliphatic heterocycles. The summed E-state index contributed by atoms with van der Waals surface area (Å²) in [6, 6.07) is 11.6. The summed E-state index contributed by atoms with van der Waals surface area (Å²) in [7, 11) is 3.06. The molecule has 0 spiro atoms. The molecule has 2 aromatic carbocycles. The van der Waals surface area contributed by atoms with Gasteiger partial charge in [-0.1, -0.05) is 31.9 Å². The monoisotopic (exact) mass is 564 g/mol. The number of fused-ring (bicyclic) bond motifs is 1. The van der Waals surface area contributed by atoms with Crippen LogP contribution in [-0.2, 0) is 9.59 Å². The Hall–Kier alpha value is -2.39. The summed E-state index contributed by atoms with van der Waals surface area (Å²) in [5.74, 6) is -0.231. The van der Waals surface area contributed by atoms with Crippen molar-refractivity contribution >= 4 is 61.0 Å². The molecule has 4 atom stereocenters. The Bertz CT molecular complexity index is 1030. The van der Waals surface area contributed by atoms with Crippen LogP contribution in [0, 0.1) is 11.8 Å². The average molecular weight is 566 g/mol. The molecule has 9 heteroatoms. The number of nitrogens with zero attached hydrogens (tertiary/aromatic N) is 1. The summed E-state index contributed by atoms with van der Waals surface area (Å²) in [6.45, 7) is 0.